The van der Waals surface area contributed by atoms with Crippen LogP contribution >= 0.6 is 11.3 Å². The van der Waals surface area contributed by atoms with Gasteiger partial charge in [0, 0.05) is 42.9 Å². The number of aromatic nitrogens is 1. The second-order valence-corrected chi connectivity index (χ2v) is 15.4. The van der Waals surface area contributed by atoms with Gasteiger partial charge >= 0.3 is 0 Å². The second-order valence-electron chi connectivity index (χ2n) is 12.3. The Balaban J connectivity index is 1.22. The first-order valence-corrected chi connectivity index (χ1v) is 17.3. The molecule has 1 saturated heterocycles. The van der Waals surface area contributed by atoms with Crippen molar-refractivity contribution in [3.63, 3.8) is 0 Å². The summed E-state index contributed by atoms with van der Waals surface area (Å²) in [5.74, 6) is -1.96. The smallest absolute Gasteiger partial charge is 0.241 e. The van der Waals surface area contributed by atoms with Gasteiger partial charge in [-0.15, -0.1) is 11.3 Å². The Morgan fingerprint density at radius 2 is 1.95 bits per heavy atom. The maximum atomic E-state index is 13.1. The van der Waals surface area contributed by atoms with Crippen LogP contribution in [0.5, 0.6) is 0 Å². The molecule has 5 rings (SSSR count). The number of aliphatic hydroxyl groups excluding tert-OH is 1. The standard InChI is InChI=1S/C30H42N4O6S2/c1-19(28(37)31-11-12-34-13-15-40-16-14-34)22-9-10-30(3)17-23-26(20(2)25(30)27(22)36)33-29(41-23)32-24(35)18-42(38,39)21-7-5-4-6-8-21/h4-8,19-20,22,25,27,36H,9-18H2,1-3H3,(H,31,37)(H,32,33,35)/t19-,20-,22+,25+,27-,30+/m0/s1. The van der Waals surface area contributed by atoms with E-state index in [1.165, 1.54) is 23.5 Å². The number of sulfone groups is 1. The number of ether oxygens (including phenoxy) is 1. The molecule has 2 heterocycles. The zero-order valence-electron chi connectivity index (χ0n) is 24.5. The maximum absolute atomic E-state index is 13.1. The molecule has 3 aliphatic rings. The van der Waals surface area contributed by atoms with Crippen LogP contribution in [0.4, 0.5) is 5.13 Å². The van der Waals surface area contributed by atoms with E-state index in [-0.39, 0.29) is 39.9 Å². The average Bonchev–Trinajstić information content (AvgIpc) is 3.35. The molecule has 1 aromatic heterocycles. The number of fused-ring (bicyclic) bond motifs is 2. The van der Waals surface area contributed by atoms with Crippen molar-refractivity contribution in [2.75, 3.05) is 50.5 Å². The van der Waals surface area contributed by atoms with Crippen molar-refractivity contribution in [2.45, 2.75) is 57.0 Å². The first-order chi connectivity index (χ1) is 20.0. The van der Waals surface area contributed by atoms with Gasteiger partial charge in [-0.3, -0.25) is 14.5 Å². The molecule has 2 fully saturated rings. The number of hydrogen-bond acceptors (Lipinski definition) is 9. The Bertz CT molecular complexity index is 1380. The van der Waals surface area contributed by atoms with Gasteiger partial charge in [-0.05, 0) is 48.6 Å². The molecular formula is C30H42N4O6S2. The van der Waals surface area contributed by atoms with Gasteiger partial charge in [0.25, 0.3) is 0 Å². The molecule has 0 unspecified atom stereocenters. The molecule has 230 valence electrons. The molecule has 2 amide bonds. The number of rotatable bonds is 9. The number of carbonyl (C=O) groups is 2. The Morgan fingerprint density at radius 3 is 2.67 bits per heavy atom. The topological polar surface area (TPSA) is 138 Å². The lowest BCUT2D eigenvalue weighted by atomic mass is 9.53. The lowest BCUT2D eigenvalue weighted by Crippen LogP contribution is -2.53. The van der Waals surface area contributed by atoms with Crippen LogP contribution in [0.1, 0.15) is 50.1 Å². The van der Waals surface area contributed by atoms with E-state index in [2.05, 4.69) is 29.4 Å². The van der Waals surface area contributed by atoms with Gasteiger partial charge in [-0.2, -0.15) is 0 Å². The van der Waals surface area contributed by atoms with Gasteiger partial charge in [0.05, 0.1) is 29.9 Å². The van der Waals surface area contributed by atoms with Crippen molar-refractivity contribution < 1.29 is 27.9 Å². The number of amides is 2. The van der Waals surface area contributed by atoms with E-state index in [1.807, 2.05) is 6.92 Å². The van der Waals surface area contributed by atoms with E-state index < -0.39 is 27.6 Å². The number of nitrogens with one attached hydrogen (secondary N) is 2. The molecule has 1 saturated carbocycles. The molecule has 2 aromatic rings. The van der Waals surface area contributed by atoms with Gasteiger partial charge in [0.15, 0.2) is 15.0 Å². The van der Waals surface area contributed by atoms with Crippen molar-refractivity contribution in [2.24, 2.45) is 23.2 Å². The fourth-order valence-corrected chi connectivity index (χ4v) is 9.59. The zero-order chi connectivity index (χ0) is 30.1. The minimum absolute atomic E-state index is 0.0239. The van der Waals surface area contributed by atoms with Gasteiger partial charge < -0.3 is 20.5 Å². The number of benzene rings is 1. The van der Waals surface area contributed by atoms with E-state index in [9.17, 15) is 23.1 Å². The van der Waals surface area contributed by atoms with E-state index in [4.69, 9.17) is 9.72 Å². The Hall–Kier alpha value is -2.38. The molecule has 2 aliphatic carbocycles. The third kappa shape index (κ3) is 6.57. The van der Waals surface area contributed by atoms with E-state index >= 15 is 0 Å². The predicted molar refractivity (Wildman–Crippen MR) is 161 cm³/mol. The van der Waals surface area contributed by atoms with Crippen LogP contribution in [0.3, 0.4) is 0 Å². The van der Waals surface area contributed by atoms with Crippen molar-refractivity contribution >= 4 is 38.1 Å². The number of thiazole rings is 1. The van der Waals surface area contributed by atoms with Crippen LogP contribution in [0.2, 0.25) is 0 Å². The minimum atomic E-state index is -3.77. The number of carbonyl (C=O) groups excluding carboxylic acids is 2. The summed E-state index contributed by atoms with van der Waals surface area (Å²) in [5.41, 5.74) is 0.672. The molecular weight excluding hydrogens is 576 g/mol. The highest BCUT2D eigenvalue weighted by Crippen LogP contribution is 2.57. The van der Waals surface area contributed by atoms with Crippen LogP contribution < -0.4 is 10.6 Å². The number of hydrogen-bond donors (Lipinski definition) is 3. The lowest BCUT2D eigenvalue weighted by molar-refractivity contribution is -0.134. The van der Waals surface area contributed by atoms with Crippen molar-refractivity contribution in [3.8, 4) is 0 Å². The highest BCUT2D eigenvalue weighted by atomic mass is 32.2. The van der Waals surface area contributed by atoms with Crippen molar-refractivity contribution in [3.05, 3.63) is 40.9 Å². The van der Waals surface area contributed by atoms with Crippen LogP contribution in [0, 0.1) is 23.2 Å². The molecule has 6 atom stereocenters. The predicted octanol–water partition coefficient (Wildman–Crippen LogP) is 2.69. The molecule has 1 aromatic carbocycles. The molecule has 42 heavy (non-hydrogen) atoms. The average molecular weight is 619 g/mol. The molecule has 0 spiro atoms. The fourth-order valence-electron chi connectivity index (χ4n) is 7.16. The Labute approximate surface area is 252 Å². The van der Waals surface area contributed by atoms with Gasteiger partial charge in [-0.1, -0.05) is 39.0 Å². The first kappa shape index (κ1) is 31.1. The maximum Gasteiger partial charge on any atom is 0.241 e. The van der Waals surface area contributed by atoms with Crippen LogP contribution in [0.25, 0.3) is 0 Å². The highest BCUT2D eigenvalue weighted by Gasteiger charge is 2.54. The van der Waals surface area contributed by atoms with Crippen LogP contribution in [-0.2, 0) is 30.6 Å². The Kier molecular flexibility index (Phi) is 9.39. The summed E-state index contributed by atoms with van der Waals surface area (Å²) in [6, 6.07) is 7.92. The number of nitrogens with zero attached hydrogens (tertiary/aromatic N) is 2. The molecule has 0 radical (unpaired) electrons. The molecule has 3 N–H and O–H groups in total. The summed E-state index contributed by atoms with van der Waals surface area (Å²) >= 11 is 1.38. The van der Waals surface area contributed by atoms with E-state index in [0.29, 0.717) is 11.7 Å². The SMILES string of the molecule is C[C@H](C(=O)NCCN1CCOCC1)[C@H]1CC[C@]2(C)Cc3sc(NC(=O)CS(=O)(=O)c4ccccc4)nc3[C@@H](C)[C@@H]2[C@H]1O. The quantitative estimate of drug-likeness (QED) is 0.390. The third-order valence-electron chi connectivity index (χ3n) is 9.48. The monoisotopic (exact) mass is 618 g/mol. The van der Waals surface area contributed by atoms with Crippen LogP contribution in [-0.4, -0.2) is 86.5 Å². The number of aliphatic hydroxyl groups is 1. The van der Waals surface area contributed by atoms with Gasteiger partial charge in [0.1, 0.15) is 5.75 Å². The third-order valence-corrected chi connectivity index (χ3v) is 12.1. The first-order valence-electron chi connectivity index (χ1n) is 14.8. The zero-order valence-corrected chi connectivity index (χ0v) is 26.2. The second kappa shape index (κ2) is 12.7. The van der Waals surface area contributed by atoms with E-state index in [1.54, 1.807) is 18.2 Å². The molecule has 1 aliphatic heterocycles. The lowest BCUT2D eigenvalue weighted by Gasteiger charge is -2.53. The normalized spacial score (nSPS) is 28.8. The summed E-state index contributed by atoms with van der Waals surface area (Å²) in [4.78, 5) is 33.9. The summed E-state index contributed by atoms with van der Waals surface area (Å²) in [6.45, 7) is 10.7. The summed E-state index contributed by atoms with van der Waals surface area (Å²) in [7, 11) is -3.77. The number of morpholine rings is 1. The minimum Gasteiger partial charge on any atom is -0.392 e. The summed E-state index contributed by atoms with van der Waals surface area (Å²) in [5, 5.41) is 17.9. The summed E-state index contributed by atoms with van der Waals surface area (Å²) < 4.78 is 30.7. The number of anilines is 1. The van der Waals surface area contributed by atoms with Crippen molar-refractivity contribution in [1.29, 1.82) is 0 Å². The largest absolute Gasteiger partial charge is 0.392 e. The van der Waals surface area contributed by atoms with Crippen LogP contribution in [0.15, 0.2) is 35.2 Å². The fraction of sp³-hybridized carbons (Fsp3) is 0.633. The highest BCUT2D eigenvalue weighted by molar-refractivity contribution is 7.92. The Morgan fingerprint density at radius 1 is 1.24 bits per heavy atom. The van der Waals surface area contributed by atoms with Gasteiger partial charge in [-0.25, -0.2) is 13.4 Å². The molecule has 12 heteroatoms. The molecule has 10 nitrogen and oxygen atoms in total. The van der Waals surface area contributed by atoms with E-state index in [0.717, 1.165) is 62.7 Å². The van der Waals surface area contributed by atoms with Crippen molar-refractivity contribution in [1.82, 2.24) is 15.2 Å². The molecule has 0 bridgehead atoms. The summed E-state index contributed by atoms with van der Waals surface area (Å²) in [6.07, 6.45) is 1.69. The van der Waals surface area contributed by atoms with Gasteiger partial charge in [0.2, 0.25) is 11.8 Å².